The van der Waals surface area contributed by atoms with E-state index in [0.717, 1.165) is 16.8 Å². The quantitative estimate of drug-likeness (QED) is 0.474. The van der Waals surface area contributed by atoms with Gasteiger partial charge in [0.25, 0.3) is 0 Å². The molecular formula is C20H16N2S. The molecule has 2 nitrogen and oxygen atoms in total. The van der Waals surface area contributed by atoms with Gasteiger partial charge in [-0.1, -0.05) is 18.2 Å². The van der Waals surface area contributed by atoms with Gasteiger partial charge in [-0.3, -0.25) is 9.97 Å². The third kappa shape index (κ3) is 2.92. The van der Waals surface area contributed by atoms with Gasteiger partial charge in [0.2, 0.25) is 0 Å². The van der Waals surface area contributed by atoms with E-state index in [1.54, 1.807) is 0 Å². The van der Waals surface area contributed by atoms with Crippen molar-refractivity contribution in [3.05, 3.63) is 78.1 Å². The number of thioether (sulfide) groups is 1. The first kappa shape index (κ1) is 14.2. The Morgan fingerprint density at radius 1 is 0.913 bits per heavy atom. The van der Waals surface area contributed by atoms with Crippen LogP contribution in [0.5, 0.6) is 0 Å². The molecule has 0 N–H and O–H groups in total. The van der Waals surface area contributed by atoms with Crippen LogP contribution in [0.4, 0.5) is 0 Å². The molecule has 3 heteroatoms. The van der Waals surface area contributed by atoms with E-state index >= 15 is 0 Å². The minimum atomic E-state index is 0.920. The second-order valence-electron chi connectivity index (χ2n) is 5.63. The molecule has 0 saturated carbocycles. The van der Waals surface area contributed by atoms with Gasteiger partial charge in [-0.05, 0) is 54.4 Å². The first-order chi connectivity index (χ1) is 11.3. The van der Waals surface area contributed by atoms with E-state index in [-0.39, 0.29) is 0 Å². The molecule has 4 aromatic rings. The molecule has 2 aromatic carbocycles. The minimum absolute atomic E-state index is 0.920. The van der Waals surface area contributed by atoms with E-state index in [1.165, 1.54) is 26.8 Å². The van der Waals surface area contributed by atoms with Crippen LogP contribution < -0.4 is 0 Å². The zero-order chi connectivity index (χ0) is 15.6. The second kappa shape index (κ2) is 6.01. The second-order valence-corrected chi connectivity index (χ2v) is 6.68. The van der Waals surface area contributed by atoms with Crippen LogP contribution in [-0.4, -0.2) is 9.97 Å². The lowest BCUT2D eigenvalue weighted by Gasteiger charge is -2.06. The van der Waals surface area contributed by atoms with Crippen molar-refractivity contribution in [2.24, 2.45) is 0 Å². The maximum atomic E-state index is 4.58. The van der Waals surface area contributed by atoms with Crippen molar-refractivity contribution in [1.29, 1.82) is 0 Å². The van der Waals surface area contributed by atoms with Gasteiger partial charge in [-0.15, -0.1) is 11.8 Å². The lowest BCUT2D eigenvalue weighted by atomic mass is 10.1. The Bertz CT molecular complexity index is 995. The molecule has 2 aromatic heterocycles. The SMILES string of the molecule is Cc1cccc2ncc(CSc3ccc4ncccc4c3)cc12. The Hall–Kier alpha value is -2.39. The molecule has 4 rings (SSSR count). The van der Waals surface area contributed by atoms with Crippen molar-refractivity contribution in [3.8, 4) is 0 Å². The number of nitrogens with zero attached hydrogens (tertiary/aromatic N) is 2. The van der Waals surface area contributed by atoms with Crippen molar-refractivity contribution < 1.29 is 0 Å². The average molecular weight is 316 g/mol. The molecule has 0 aliphatic heterocycles. The van der Waals surface area contributed by atoms with Gasteiger partial charge in [0.05, 0.1) is 11.0 Å². The summed E-state index contributed by atoms with van der Waals surface area (Å²) in [5.74, 6) is 0.920. The van der Waals surface area contributed by atoms with Gasteiger partial charge >= 0.3 is 0 Å². The predicted molar refractivity (Wildman–Crippen MR) is 97.8 cm³/mol. The van der Waals surface area contributed by atoms with Crippen molar-refractivity contribution >= 4 is 33.6 Å². The molecule has 0 fully saturated rings. The molecule has 2 heterocycles. The summed E-state index contributed by atoms with van der Waals surface area (Å²) in [6.45, 7) is 2.14. The molecule has 0 amide bonds. The zero-order valence-corrected chi connectivity index (χ0v) is 13.7. The predicted octanol–water partition coefficient (Wildman–Crippen LogP) is 5.38. The van der Waals surface area contributed by atoms with Gasteiger partial charge in [-0.2, -0.15) is 0 Å². The third-order valence-electron chi connectivity index (χ3n) is 3.98. The van der Waals surface area contributed by atoms with Gasteiger partial charge < -0.3 is 0 Å². The first-order valence-corrected chi connectivity index (χ1v) is 8.60. The molecule has 0 radical (unpaired) electrons. The first-order valence-electron chi connectivity index (χ1n) is 7.61. The Balaban J connectivity index is 1.59. The topological polar surface area (TPSA) is 25.8 Å². The maximum Gasteiger partial charge on any atom is 0.0704 e. The minimum Gasteiger partial charge on any atom is -0.256 e. The summed E-state index contributed by atoms with van der Waals surface area (Å²) >= 11 is 1.83. The number of aromatic nitrogens is 2. The van der Waals surface area contributed by atoms with Crippen LogP contribution in [0.3, 0.4) is 0 Å². The summed E-state index contributed by atoms with van der Waals surface area (Å²) in [7, 11) is 0. The van der Waals surface area contributed by atoms with E-state index in [9.17, 15) is 0 Å². The van der Waals surface area contributed by atoms with E-state index < -0.39 is 0 Å². The van der Waals surface area contributed by atoms with Gasteiger partial charge in [0, 0.05) is 33.8 Å². The lowest BCUT2D eigenvalue weighted by Crippen LogP contribution is -1.87. The summed E-state index contributed by atoms with van der Waals surface area (Å²) in [4.78, 5) is 10.2. The summed E-state index contributed by atoms with van der Waals surface area (Å²) in [5.41, 5.74) is 4.64. The van der Waals surface area contributed by atoms with Crippen molar-refractivity contribution in [3.63, 3.8) is 0 Å². The highest BCUT2D eigenvalue weighted by Crippen LogP contribution is 2.27. The molecular weight excluding hydrogens is 300 g/mol. The average Bonchev–Trinajstić information content (AvgIpc) is 2.60. The molecule has 23 heavy (non-hydrogen) atoms. The molecule has 0 unspecified atom stereocenters. The van der Waals surface area contributed by atoms with Crippen molar-refractivity contribution in [1.82, 2.24) is 9.97 Å². The Labute approximate surface area is 139 Å². The largest absolute Gasteiger partial charge is 0.256 e. The number of fused-ring (bicyclic) bond motifs is 2. The van der Waals surface area contributed by atoms with Crippen LogP contribution in [0.15, 0.2) is 71.9 Å². The number of hydrogen-bond acceptors (Lipinski definition) is 3. The Morgan fingerprint density at radius 3 is 2.83 bits per heavy atom. The fourth-order valence-electron chi connectivity index (χ4n) is 2.73. The summed E-state index contributed by atoms with van der Waals surface area (Å²) in [6.07, 6.45) is 3.82. The number of rotatable bonds is 3. The fraction of sp³-hybridized carbons (Fsp3) is 0.100. The molecule has 112 valence electrons. The Kier molecular flexibility index (Phi) is 3.72. The van der Waals surface area contributed by atoms with Crippen LogP contribution in [-0.2, 0) is 5.75 Å². The maximum absolute atomic E-state index is 4.58. The summed E-state index contributed by atoms with van der Waals surface area (Å²) in [6, 6.07) is 19.0. The monoisotopic (exact) mass is 316 g/mol. The van der Waals surface area contributed by atoms with Gasteiger partial charge in [-0.25, -0.2) is 0 Å². The highest BCUT2D eigenvalue weighted by Gasteiger charge is 2.03. The standard InChI is InChI=1S/C20H16N2S/c1-14-4-2-6-20-18(14)10-15(12-22-20)13-23-17-7-8-19-16(11-17)5-3-9-21-19/h2-12H,13H2,1H3. The van der Waals surface area contributed by atoms with E-state index in [1.807, 2.05) is 30.2 Å². The van der Waals surface area contributed by atoms with Crippen molar-refractivity contribution in [2.45, 2.75) is 17.6 Å². The summed E-state index contributed by atoms with van der Waals surface area (Å²) < 4.78 is 0. The van der Waals surface area contributed by atoms with Crippen LogP contribution in [0.25, 0.3) is 21.8 Å². The lowest BCUT2D eigenvalue weighted by molar-refractivity contribution is 1.29. The van der Waals surface area contributed by atoms with Crippen LogP contribution in [0.2, 0.25) is 0 Å². The van der Waals surface area contributed by atoms with Crippen molar-refractivity contribution in [2.75, 3.05) is 0 Å². The molecule has 0 aliphatic carbocycles. The number of hydrogen-bond donors (Lipinski definition) is 0. The normalized spacial score (nSPS) is 11.2. The van der Waals surface area contributed by atoms with Crippen LogP contribution in [0.1, 0.15) is 11.1 Å². The highest BCUT2D eigenvalue weighted by atomic mass is 32.2. The van der Waals surface area contributed by atoms with E-state index in [4.69, 9.17) is 0 Å². The highest BCUT2D eigenvalue weighted by molar-refractivity contribution is 7.98. The van der Waals surface area contributed by atoms with E-state index in [0.29, 0.717) is 0 Å². The number of aryl methyl sites for hydroxylation is 1. The molecule has 0 aliphatic rings. The third-order valence-corrected chi connectivity index (χ3v) is 5.05. The van der Waals surface area contributed by atoms with E-state index in [2.05, 4.69) is 65.4 Å². The Morgan fingerprint density at radius 2 is 1.87 bits per heavy atom. The molecule has 0 spiro atoms. The summed E-state index contributed by atoms with van der Waals surface area (Å²) in [5, 5.41) is 2.43. The fourth-order valence-corrected chi connectivity index (χ4v) is 3.60. The number of pyridine rings is 2. The smallest absolute Gasteiger partial charge is 0.0704 e. The number of benzene rings is 2. The molecule has 0 saturated heterocycles. The zero-order valence-electron chi connectivity index (χ0n) is 12.9. The van der Waals surface area contributed by atoms with Crippen LogP contribution >= 0.6 is 11.8 Å². The molecule has 0 atom stereocenters. The van der Waals surface area contributed by atoms with Crippen LogP contribution in [0, 0.1) is 6.92 Å². The molecule has 0 bridgehead atoms. The van der Waals surface area contributed by atoms with Gasteiger partial charge in [0.15, 0.2) is 0 Å². The van der Waals surface area contributed by atoms with Gasteiger partial charge in [0.1, 0.15) is 0 Å².